The maximum Gasteiger partial charge on any atom is 0.169 e. The SMILES string of the molecule is COc1ccc(C2=Cc3cnc4cc(C)nn4c3CC2=O)cc1. The molecule has 0 saturated heterocycles. The Morgan fingerprint density at radius 1 is 1.22 bits per heavy atom. The van der Waals surface area contributed by atoms with Gasteiger partial charge in [0.25, 0.3) is 0 Å². The Morgan fingerprint density at radius 3 is 2.74 bits per heavy atom. The van der Waals surface area contributed by atoms with Crippen LogP contribution in [0.3, 0.4) is 0 Å². The number of aryl methyl sites for hydroxylation is 1. The quantitative estimate of drug-likeness (QED) is 0.730. The van der Waals surface area contributed by atoms with E-state index in [1.54, 1.807) is 11.6 Å². The molecule has 0 saturated carbocycles. The highest BCUT2D eigenvalue weighted by Gasteiger charge is 2.23. The molecule has 0 amide bonds. The summed E-state index contributed by atoms with van der Waals surface area (Å²) in [6.45, 7) is 1.92. The standard InChI is InChI=1S/C18H15N3O2/c1-11-7-18-19-10-13-8-15(12-3-5-14(23-2)6-4-12)17(22)9-16(13)21(18)20-11/h3-8,10H,9H2,1-2H3. The van der Waals surface area contributed by atoms with E-state index in [9.17, 15) is 4.79 Å². The number of hydrogen-bond acceptors (Lipinski definition) is 4. The fourth-order valence-corrected chi connectivity index (χ4v) is 2.90. The van der Waals surface area contributed by atoms with Crippen molar-refractivity contribution in [2.45, 2.75) is 13.3 Å². The molecule has 0 spiro atoms. The summed E-state index contributed by atoms with van der Waals surface area (Å²) in [5, 5.41) is 4.44. The maximum absolute atomic E-state index is 12.6. The molecule has 2 heterocycles. The van der Waals surface area contributed by atoms with Crippen molar-refractivity contribution in [3.8, 4) is 5.75 Å². The van der Waals surface area contributed by atoms with E-state index in [0.717, 1.165) is 33.9 Å². The topological polar surface area (TPSA) is 56.5 Å². The van der Waals surface area contributed by atoms with Crippen molar-refractivity contribution in [1.29, 1.82) is 0 Å². The molecule has 1 aliphatic carbocycles. The number of hydrogen-bond donors (Lipinski definition) is 0. The first kappa shape index (κ1) is 13.7. The lowest BCUT2D eigenvalue weighted by Gasteiger charge is -2.16. The lowest BCUT2D eigenvalue weighted by molar-refractivity contribution is -0.113. The molecule has 3 aromatic rings. The minimum Gasteiger partial charge on any atom is -0.497 e. The summed E-state index contributed by atoms with van der Waals surface area (Å²) in [5.41, 5.74) is 5.08. The van der Waals surface area contributed by atoms with E-state index in [1.807, 2.05) is 49.5 Å². The van der Waals surface area contributed by atoms with E-state index in [4.69, 9.17) is 4.74 Å². The Morgan fingerprint density at radius 2 is 2.00 bits per heavy atom. The van der Waals surface area contributed by atoms with Gasteiger partial charge in [-0.05, 0) is 30.7 Å². The molecule has 0 aliphatic heterocycles. The molecule has 1 aromatic carbocycles. The van der Waals surface area contributed by atoms with Gasteiger partial charge in [-0.3, -0.25) is 4.79 Å². The summed E-state index contributed by atoms with van der Waals surface area (Å²) in [6.07, 6.45) is 4.03. The summed E-state index contributed by atoms with van der Waals surface area (Å²) >= 11 is 0. The van der Waals surface area contributed by atoms with Gasteiger partial charge in [0, 0.05) is 23.4 Å². The second-order valence-electron chi connectivity index (χ2n) is 5.60. The Kier molecular flexibility index (Phi) is 3.01. The number of ether oxygens (including phenoxy) is 1. The van der Waals surface area contributed by atoms with Crippen LogP contribution in [0.1, 0.15) is 22.5 Å². The third-order valence-electron chi connectivity index (χ3n) is 4.07. The van der Waals surface area contributed by atoms with Crippen molar-refractivity contribution < 1.29 is 9.53 Å². The summed E-state index contributed by atoms with van der Waals surface area (Å²) < 4.78 is 6.93. The summed E-state index contributed by atoms with van der Waals surface area (Å²) in [4.78, 5) is 17.0. The van der Waals surface area contributed by atoms with Crippen LogP contribution in [-0.4, -0.2) is 27.5 Å². The van der Waals surface area contributed by atoms with Crippen LogP contribution in [-0.2, 0) is 11.2 Å². The number of benzene rings is 1. The second kappa shape index (κ2) is 5.05. The predicted molar refractivity (Wildman–Crippen MR) is 87.3 cm³/mol. The van der Waals surface area contributed by atoms with Gasteiger partial charge < -0.3 is 4.74 Å². The van der Waals surface area contributed by atoms with E-state index in [2.05, 4.69) is 10.1 Å². The highest BCUT2D eigenvalue weighted by Crippen LogP contribution is 2.29. The van der Waals surface area contributed by atoms with Crippen LogP contribution in [0, 0.1) is 6.92 Å². The van der Waals surface area contributed by atoms with Gasteiger partial charge in [-0.2, -0.15) is 5.10 Å². The molecule has 4 rings (SSSR count). The van der Waals surface area contributed by atoms with Crippen LogP contribution in [0.5, 0.6) is 5.75 Å². The average molecular weight is 305 g/mol. The van der Waals surface area contributed by atoms with Gasteiger partial charge in [0.05, 0.1) is 24.9 Å². The van der Waals surface area contributed by atoms with E-state index in [0.29, 0.717) is 12.0 Å². The van der Waals surface area contributed by atoms with E-state index in [1.165, 1.54) is 0 Å². The van der Waals surface area contributed by atoms with E-state index < -0.39 is 0 Å². The molecule has 0 unspecified atom stereocenters. The molecule has 0 fully saturated rings. The minimum atomic E-state index is 0.0864. The van der Waals surface area contributed by atoms with Crippen LogP contribution in [0.15, 0.2) is 36.5 Å². The summed E-state index contributed by atoms with van der Waals surface area (Å²) in [5.74, 6) is 0.858. The Hall–Kier alpha value is -2.95. The largest absolute Gasteiger partial charge is 0.497 e. The van der Waals surface area contributed by atoms with Gasteiger partial charge in [-0.25, -0.2) is 9.50 Å². The number of carbonyl (C=O) groups is 1. The van der Waals surface area contributed by atoms with Crippen molar-refractivity contribution >= 4 is 23.1 Å². The van der Waals surface area contributed by atoms with E-state index >= 15 is 0 Å². The fourth-order valence-electron chi connectivity index (χ4n) is 2.90. The van der Waals surface area contributed by atoms with Gasteiger partial charge in [0.2, 0.25) is 0 Å². The maximum atomic E-state index is 12.6. The Bertz CT molecular complexity index is 952. The Balaban J connectivity index is 1.84. The van der Waals surface area contributed by atoms with Gasteiger partial charge in [0.15, 0.2) is 11.4 Å². The zero-order valence-electron chi connectivity index (χ0n) is 12.9. The number of Topliss-reactive ketones (excluding diaryl/α,β-unsaturated/α-hetero) is 1. The zero-order valence-corrected chi connectivity index (χ0v) is 12.9. The third kappa shape index (κ3) is 2.21. The van der Waals surface area contributed by atoms with Crippen LogP contribution in [0.4, 0.5) is 0 Å². The molecule has 5 heteroatoms. The highest BCUT2D eigenvalue weighted by molar-refractivity contribution is 6.27. The molecule has 0 N–H and O–H groups in total. The average Bonchev–Trinajstić information content (AvgIpc) is 2.95. The number of aromatic nitrogens is 3. The van der Waals surface area contributed by atoms with Gasteiger partial charge >= 0.3 is 0 Å². The number of carbonyl (C=O) groups excluding carboxylic acids is 1. The number of rotatable bonds is 2. The van der Waals surface area contributed by atoms with Gasteiger partial charge in [-0.1, -0.05) is 12.1 Å². The number of methoxy groups -OCH3 is 1. The van der Waals surface area contributed by atoms with Gasteiger partial charge in [-0.15, -0.1) is 0 Å². The fraction of sp³-hybridized carbons (Fsp3) is 0.167. The number of ketones is 1. The first-order valence-corrected chi connectivity index (χ1v) is 7.39. The van der Waals surface area contributed by atoms with Crippen LogP contribution >= 0.6 is 0 Å². The lowest BCUT2D eigenvalue weighted by Crippen LogP contribution is -2.16. The molecule has 5 nitrogen and oxygen atoms in total. The smallest absolute Gasteiger partial charge is 0.169 e. The lowest BCUT2D eigenvalue weighted by atomic mass is 9.91. The molecule has 0 atom stereocenters. The number of allylic oxidation sites excluding steroid dienone is 1. The molecule has 114 valence electrons. The minimum absolute atomic E-state index is 0.0864. The second-order valence-corrected chi connectivity index (χ2v) is 5.60. The molecule has 23 heavy (non-hydrogen) atoms. The van der Waals surface area contributed by atoms with Crippen LogP contribution in [0.25, 0.3) is 17.3 Å². The molecular weight excluding hydrogens is 290 g/mol. The normalized spacial score (nSPS) is 13.8. The molecular formula is C18H15N3O2. The molecule has 0 radical (unpaired) electrons. The summed E-state index contributed by atoms with van der Waals surface area (Å²) in [6, 6.07) is 9.43. The summed E-state index contributed by atoms with van der Waals surface area (Å²) in [7, 11) is 1.62. The highest BCUT2D eigenvalue weighted by atomic mass is 16.5. The third-order valence-corrected chi connectivity index (χ3v) is 4.07. The van der Waals surface area contributed by atoms with Crippen LogP contribution in [0.2, 0.25) is 0 Å². The number of nitrogens with zero attached hydrogens (tertiary/aromatic N) is 3. The van der Waals surface area contributed by atoms with Crippen molar-refractivity contribution in [2.75, 3.05) is 7.11 Å². The first-order valence-electron chi connectivity index (χ1n) is 7.39. The first-order chi connectivity index (χ1) is 11.2. The van der Waals surface area contributed by atoms with Crippen molar-refractivity contribution in [2.24, 2.45) is 0 Å². The predicted octanol–water partition coefficient (Wildman–Crippen LogP) is 2.71. The van der Waals surface area contributed by atoms with Crippen molar-refractivity contribution in [3.05, 3.63) is 59.0 Å². The molecule has 1 aliphatic rings. The Labute approximate surface area is 133 Å². The monoisotopic (exact) mass is 305 g/mol. The van der Waals surface area contributed by atoms with Crippen LogP contribution < -0.4 is 4.74 Å². The molecule has 2 aromatic heterocycles. The number of fused-ring (bicyclic) bond motifs is 3. The van der Waals surface area contributed by atoms with E-state index in [-0.39, 0.29) is 5.78 Å². The zero-order chi connectivity index (χ0) is 16.0. The van der Waals surface area contributed by atoms with Gasteiger partial charge in [0.1, 0.15) is 5.75 Å². The van der Waals surface area contributed by atoms with Crippen molar-refractivity contribution in [3.63, 3.8) is 0 Å². The van der Waals surface area contributed by atoms with Crippen molar-refractivity contribution in [1.82, 2.24) is 14.6 Å². The molecule has 0 bridgehead atoms.